The fraction of sp³-hybridized carbons (Fsp3) is 0.455. The Bertz CT molecular complexity index is 876. The van der Waals surface area contributed by atoms with Crippen molar-refractivity contribution in [3.8, 4) is 17.0 Å². The zero-order valence-corrected chi connectivity index (χ0v) is 16.1. The van der Waals surface area contributed by atoms with E-state index in [1.807, 2.05) is 0 Å². The average Bonchev–Trinajstić information content (AvgIpc) is 3.33. The van der Waals surface area contributed by atoms with Crippen LogP contribution in [-0.4, -0.2) is 35.3 Å². The van der Waals surface area contributed by atoms with Crippen molar-refractivity contribution in [2.75, 3.05) is 18.0 Å². The summed E-state index contributed by atoms with van der Waals surface area (Å²) < 4.78 is 35.8. The molecule has 1 aromatic heterocycles. The van der Waals surface area contributed by atoms with E-state index in [1.54, 1.807) is 23.2 Å². The molecule has 1 atom stereocenters. The molecule has 29 heavy (non-hydrogen) atoms. The van der Waals surface area contributed by atoms with Crippen LogP contribution in [-0.2, 0) is 4.79 Å². The highest BCUT2D eigenvalue weighted by atomic mass is 19.1. The standard InChI is InChI=1S/C22H24F2N2O3/c23-18-11-15(17-6-3-8-25-22(17)29-16-4-1-2-5-16)12-19(24)21(18)26-9-7-14(13-26)10-20(27)28/h3,6,8,11-12,14,16H,1-2,4-5,7,9-10,13H2,(H,27,28). The van der Waals surface area contributed by atoms with Gasteiger partial charge in [0.05, 0.1) is 0 Å². The summed E-state index contributed by atoms with van der Waals surface area (Å²) in [7, 11) is 0. The molecule has 4 rings (SSSR count). The Balaban J connectivity index is 1.59. The number of nitrogens with zero attached hydrogens (tertiary/aromatic N) is 2. The van der Waals surface area contributed by atoms with Gasteiger partial charge in [0.2, 0.25) is 5.88 Å². The summed E-state index contributed by atoms with van der Waals surface area (Å²) in [6, 6.07) is 6.09. The van der Waals surface area contributed by atoms with Crippen LogP contribution < -0.4 is 9.64 Å². The van der Waals surface area contributed by atoms with Crippen LogP contribution in [0.3, 0.4) is 0 Å². The second-order valence-corrected chi connectivity index (χ2v) is 7.87. The van der Waals surface area contributed by atoms with Crippen LogP contribution in [0.5, 0.6) is 5.88 Å². The maximum absolute atomic E-state index is 14.9. The van der Waals surface area contributed by atoms with Crippen molar-refractivity contribution < 1.29 is 23.4 Å². The van der Waals surface area contributed by atoms with E-state index < -0.39 is 17.6 Å². The average molecular weight is 402 g/mol. The molecule has 1 aliphatic carbocycles. The van der Waals surface area contributed by atoms with E-state index in [2.05, 4.69) is 4.98 Å². The number of halogens is 2. The molecule has 2 aliphatic rings. The van der Waals surface area contributed by atoms with Gasteiger partial charge in [0.25, 0.3) is 0 Å². The van der Waals surface area contributed by atoms with Crippen LogP contribution in [0.15, 0.2) is 30.5 Å². The van der Waals surface area contributed by atoms with E-state index in [1.165, 1.54) is 12.1 Å². The number of carboxylic acids is 1. The van der Waals surface area contributed by atoms with Crippen molar-refractivity contribution in [1.82, 2.24) is 4.98 Å². The predicted octanol–water partition coefficient (Wildman–Crippen LogP) is 4.65. The zero-order chi connectivity index (χ0) is 20.4. The largest absolute Gasteiger partial charge is 0.481 e. The minimum Gasteiger partial charge on any atom is -0.481 e. The van der Waals surface area contributed by atoms with Crippen molar-refractivity contribution in [3.63, 3.8) is 0 Å². The number of carbonyl (C=O) groups is 1. The van der Waals surface area contributed by atoms with Crippen molar-refractivity contribution >= 4 is 11.7 Å². The van der Waals surface area contributed by atoms with E-state index in [9.17, 15) is 13.6 Å². The molecule has 154 valence electrons. The molecule has 1 aromatic carbocycles. The lowest BCUT2D eigenvalue weighted by molar-refractivity contribution is -0.137. The summed E-state index contributed by atoms with van der Waals surface area (Å²) in [6.07, 6.45) is 6.47. The maximum atomic E-state index is 14.9. The highest BCUT2D eigenvalue weighted by molar-refractivity contribution is 5.71. The minimum atomic E-state index is -0.889. The van der Waals surface area contributed by atoms with Gasteiger partial charge in [0, 0.05) is 31.3 Å². The molecule has 2 heterocycles. The highest BCUT2D eigenvalue weighted by Crippen LogP contribution is 2.36. The first-order valence-corrected chi connectivity index (χ1v) is 10.1. The summed E-state index contributed by atoms with van der Waals surface area (Å²) in [5.41, 5.74) is 0.851. The van der Waals surface area contributed by atoms with Gasteiger partial charge in [-0.2, -0.15) is 0 Å². The van der Waals surface area contributed by atoms with E-state index in [4.69, 9.17) is 9.84 Å². The Kier molecular flexibility index (Phi) is 5.65. The van der Waals surface area contributed by atoms with Gasteiger partial charge in [0.15, 0.2) is 0 Å². The Morgan fingerprint density at radius 1 is 1.21 bits per heavy atom. The van der Waals surface area contributed by atoms with Gasteiger partial charge in [-0.05, 0) is 67.9 Å². The monoisotopic (exact) mass is 402 g/mol. The van der Waals surface area contributed by atoms with Gasteiger partial charge in [0.1, 0.15) is 23.4 Å². The van der Waals surface area contributed by atoms with Crippen LogP contribution in [0.1, 0.15) is 38.5 Å². The van der Waals surface area contributed by atoms with Crippen LogP contribution >= 0.6 is 0 Å². The molecular formula is C22H24F2N2O3. The molecule has 0 bridgehead atoms. The molecule has 1 saturated carbocycles. The molecule has 1 saturated heterocycles. The number of carboxylic acid groups (broad SMARTS) is 1. The summed E-state index contributed by atoms with van der Waals surface area (Å²) in [5, 5.41) is 8.95. The first-order chi connectivity index (χ1) is 14.0. The minimum absolute atomic E-state index is 0.00930. The van der Waals surface area contributed by atoms with Gasteiger partial charge in [-0.15, -0.1) is 0 Å². The number of aromatic nitrogens is 1. The van der Waals surface area contributed by atoms with Gasteiger partial charge in [-0.3, -0.25) is 4.79 Å². The third-order valence-electron chi connectivity index (χ3n) is 5.74. The number of ether oxygens (including phenoxy) is 1. The smallest absolute Gasteiger partial charge is 0.303 e. The van der Waals surface area contributed by atoms with E-state index in [0.717, 1.165) is 25.7 Å². The Morgan fingerprint density at radius 3 is 2.62 bits per heavy atom. The third kappa shape index (κ3) is 4.33. The SMILES string of the molecule is O=C(O)CC1CCN(c2c(F)cc(-c3cccnc3OC3CCCC3)cc2F)C1. The van der Waals surface area contributed by atoms with Crippen LogP contribution in [0.4, 0.5) is 14.5 Å². The van der Waals surface area contributed by atoms with Gasteiger partial charge < -0.3 is 14.7 Å². The van der Waals surface area contributed by atoms with Crippen molar-refractivity contribution in [2.45, 2.75) is 44.6 Å². The van der Waals surface area contributed by atoms with Crippen molar-refractivity contribution in [3.05, 3.63) is 42.1 Å². The Labute approximate surface area is 168 Å². The lowest BCUT2D eigenvalue weighted by Crippen LogP contribution is -2.23. The summed E-state index contributed by atoms with van der Waals surface area (Å²) in [6.45, 7) is 0.774. The number of rotatable bonds is 6. The number of benzene rings is 1. The second-order valence-electron chi connectivity index (χ2n) is 7.87. The number of hydrogen-bond donors (Lipinski definition) is 1. The Hall–Kier alpha value is -2.70. The summed E-state index contributed by atoms with van der Waals surface area (Å²) in [4.78, 5) is 16.8. The molecule has 2 fully saturated rings. The lowest BCUT2D eigenvalue weighted by atomic mass is 10.0. The first-order valence-electron chi connectivity index (χ1n) is 10.1. The molecule has 0 amide bonds. The molecular weight excluding hydrogens is 378 g/mol. The van der Waals surface area contributed by atoms with Crippen LogP contribution in [0.25, 0.3) is 11.1 Å². The zero-order valence-electron chi connectivity index (χ0n) is 16.1. The molecule has 7 heteroatoms. The van der Waals surface area contributed by atoms with E-state index >= 15 is 0 Å². The third-order valence-corrected chi connectivity index (χ3v) is 5.74. The summed E-state index contributed by atoms with van der Waals surface area (Å²) in [5.74, 6) is -1.91. The molecule has 1 N–H and O–H groups in total. The maximum Gasteiger partial charge on any atom is 0.303 e. The number of hydrogen-bond acceptors (Lipinski definition) is 4. The number of anilines is 1. The topological polar surface area (TPSA) is 62.7 Å². The summed E-state index contributed by atoms with van der Waals surface area (Å²) >= 11 is 0. The number of aliphatic carboxylic acids is 1. The predicted molar refractivity (Wildman–Crippen MR) is 105 cm³/mol. The fourth-order valence-corrected chi connectivity index (χ4v) is 4.34. The first kappa shape index (κ1) is 19.6. The normalized spacial score (nSPS) is 19.7. The van der Waals surface area contributed by atoms with Crippen molar-refractivity contribution in [1.29, 1.82) is 0 Å². The molecule has 0 spiro atoms. The van der Waals surface area contributed by atoms with Gasteiger partial charge in [-0.1, -0.05) is 0 Å². The van der Waals surface area contributed by atoms with Crippen molar-refractivity contribution in [2.24, 2.45) is 5.92 Å². The molecule has 1 aliphatic heterocycles. The number of pyridine rings is 1. The molecule has 5 nitrogen and oxygen atoms in total. The highest BCUT2D eigenvalue weighted by Gasteiger charge is 2.29. The molecule has 2 aromatic rings. The van der Waals surface area contributed by atoms with Gasteiger partial charge in [-0.25, -0.2) is 13.8 Å². The quantitative estimate of drug-likeness (QED) is 0.762. The van der Waals surface area contributed by atoms with E-state index in [-0.39, 0.29) is 24.1 Å². The molecule has 0 radical (unpaired) electrons. The lowest BCUT2D eigenvalue weighted by Gasteiger charge is -2.21. The second kappa shape index (κ2) is 8.35. The van der Waals surface area contributed by atoms with E-state index in [0.29, 0.717) is 36.5 Å². The van der Waals surface area contributed by atoms with Crippen LogP contribution in [0.2, 0.25) is 0 Å². The van der Waals surface area contributed by atoms with Crippen LogP contribution in [0, 0.1) is 17.6 Å². The fourth-order valence-electron chi connectivity index (χ4n) is 4.34. The van der Waals surface area contributed by atoms with Gasteiger partial charge >= 0.3 is 5.97 Å². The Morgan fingerprint density at radius 2 is 1.93 bits per heavy atom. The molecule has 1 unspecified atom stereocenters.